The highest BCUT2D eigenvalue weighted by Gasteiger charge is 2.54. The summed E-state index contributed by atoms with van der Waals surface area (Å²) in [5, 5.41) is 121. The van der Waals surface area contributed by atoms with E-state index in [1.165, 1.54) is 308 Å². The summed E-state index contributed by atoms with van der Waals surface area (Å²) in [7, 11) is 0. The molecular weight excluding hydrogens is 1320 g/mol. The monoisotopic (exact) mass is 1480 g/mol. The molecule has 12 N–H and O–H groups in total. The molecule has 0 aromatic rings. The summed E-state index contributed by atoms with van der Waals surface area (Å²) in [6.07, 6.45) is 55.1. The van der Waals surface area contributed by atoms with Crippen molar-refractivity contribution in [2.45, 2.75) is 484 Å². The lowest BCUT2D eigenvalue weighted by molar-refractivity contribution is -0.379. The zero-order valence-corrected chi connectivity index (χ0v) is 66.0. The van der Waals surface area contributed by atoms with Crippen LogP contribution in [-0.2, 0) is 33.2 Å². The van der Waals surface area contributed by atoms with E-state index in [2.05, 4.69) is 31.3 Å². The van der Waals surface area contributed by atoms with Crippen LogP contribution >= 0.6 is 0 Å². The highest BCUT2D eigenvalue weighted by atomic mass is 16.8. The Bertz CT molecular complexity index is 1970. The number of hydrogen-bond acceptors (Lipinski definition) is 18. The molecule has 3 heterocycles. The molecule has 104 heavy (non-hydrogen) atoms. The van der Waals surface area contributed by atoms with Gasteiger partial charge in [-0.1, -0.05) is 366 Å². The fourth-order valence-corrected chi connectivity index (χ4v) is 15.0. The van der Waals surface area contributed by atoms with E-state index in [0.29, 0.717) is 12.8 Å². The number of aliphatic hydroxyl groups is 11. The molecule has 0 spiro atoms. The van der Waals surface area contributed by atoms with E-state index in [0.717, 1.165) is 38.5 Å². The Morgan fingerprint density at radius 2 is 0.615 bits per heavy atom. The van der Waals surface area contributed by atoms with Gasteiger partial charge in [0.15, 0.2) is 18.9 Å². The van der Waals surface area contributed by atoms with Crippen LogP contribution < -0.4 is 5.32 Å². The molecule has 3 rings (SSSR count). The molecule has 3 fully saturated rings. The molecule has 3 aliphatic heterocycles. The van der Waals surface area contributed by atoms with Gasteiger partial charge in [-0.05, 0) is 32.1 Å². The fourth-order valence-electron chi connectivity index (χ4n) is 15.0. The zero-order chi connectivity index (χ0) is 75.3. The van der Waals surface area contributed by atoms with Crippen LogP contribution in [0.1, 0.15) is 380 Å². The molecule has 17 atom stereocenters. The number of nitrogens with one attached hydrogen (secondary N) is 1. The molecule has 0 bridgehead atoms. The van der Waals surface area contributed by atoms with Gasteiger partial charge in [0.25, 0.3) is 0 Å². The van der Waals surface area contributed by atoms with Crippen molar-refractivity contribution >= 4 is 5.91 Å². The lowest BCUT2D eigenvalue weighted by atomic mass is 9.96. The van der Waals surface area contributed by atoms with Gasteiger partial charge >= 0.3 is 0 Å². The number of rotatable bonds is 71. The number of carbonyl (C=O) groups excluding carboxylic acids is 1. The summed E-state index contributed by atoms with van der Waals surface area (Å²) in [6, 6.07) is -0.988. The van der Waals surface area contributed by atoms with Crippen LogP contribution in [0.15, 0.2) is 24.3 Å². The third kappa shape index (κ3) is 44.9. The second-order valence-electron chi connectivity index (χ2n) is 31.4. The molecule has 0 aliphatic carbocycles. The molecule has 0 radical (unpaired) electrons. The van der Waals surface area contributed by atoms with Crippen molar-refractivity contribution in [3.05, 3.63) is 24.3 Å². The molecule has 3 aliphatic rings. The average Bonchev–Trinajstić information content (AvgIpc) is 0.783. The Morgan fingerprint density at radius 3 is 0.962 bits per heavy atom. The van der Waals surface area contributed by atoms with Crippen molar-refractivity contribution in [2.75, 3.05) is 26.4 Å². The van der Waals surface area contributed by atoms with E-state index >= 15 is 0 Å². The lowest BCUT2D eigenvalue weighted by Gasteiger charge is -2.48. The Balaban J connectivity index is 1.28. The second kappa shape index (κ2) is 65.9. The number of hydrogen-bond donors (Lipinski definition) is 12. The van der Waals surface area contributed by atoms with Crippen LogP contribution in [0.4, 0.5) is 0 Å². The minimum atomic E-state index is -1.98. The molecule has 3 saturated heterocycles. The molecule has 1 amide bonds. The van der Waals surface area contributed by atoms with Gasteiger partial charge < -0.3 is 89.9 Å². The Labute approximate surface area is 632 Å². The van der Waals surface area contributed by atoms with Crippen LogP contribution in [0.5, 0.6) is 0 Å². The molecular formula is C85H161NO18. The summed E-state index contributed by atoms with van der Waals surface area (Å²) in [5.41, 5.74) is 0. The van der Waals surface area contributed by atoms with Crippen LogP contribution in [-0.4, -0.2) is 193 Å². The quantitative estimate of drug-likeness (QED) is 0.0199. The number of ether oxygens (including phenoxy) is 6. The normalized spacial score (nSPS) is 26.0. The SMILES string of the molecule is CCCCCCCCCCCCCC/C=C/CC/C=C/C(O)C(COC1OC(CO)C(OC2OC(CO)C(OC3OC(CO)C(O)C(O)C3O)C(O)C2O)C(O)C1O)NC(=O)CCCCCCCCCCCCCCCCCCCCCCCCCCCCCCCCCCCCCCCCCCC. The van der Waals surface area contributed by atoms with Crippen molar-refractivity contribution in [3.8, 4) is 0 Å². The predicted octanol–water partition coefficient (Wildman–Crippen LogP) is 15.7. The van der Waals surface area contributed by atoms with Crippen molar-refractivity contribution in [2.24, 2.45) is 0 Å². The average molecular weight is 1490 g/mol. The molecule has 0 aromatic heterocycles. The third-order valence-corrected chi connectivity index (χ3v) is 22.0. The van der Waals surface area contributed by atoms with Gasteiger partial charge in [-0.2, -0.15) is 0 Å². The topological polar surface area (TPSA) is 307 Å². The van der Waals surface area contributed by atoms with Gasteiger partial charge in [-0.3, -0.25) is 4.79 Å². The minimum absolute atomic E-state index is 0.241. The lowest BCUT2D eigenvalue weighted by Crippen LogP contribution is -2.66. The molecule has 614 valence electrons. The highest BCUT2D eigenvalue weighted by Crippen LogP contribution is 2.34. The second-order valence-corrected chi connectivity index (χ2v) is 31.4. The van der Waals surface area contributed by atoms with Crippen molar-refractivity contribution in [1.29, 1.82) is 0 Å². The third-order valence-electron chi connectivity index (χ3n) is 22.0. The molecule has 19 nitrogen and oxygen atoms in total. The van der Waals surface area contributed by atoms with Crippen LogP contribution in [0.25, 0.3) is 0 Å². The maximum absolute atomic E-state index is 13.5. The van der Waals surface area contributed by atoms with Crippen molar-refractivity contribution in [1.82, 2.24) is 5.32 Å². The largest absolute Gasteiger partial charge is 0.394 e. The van der Waals surface area contributed by atoms with E-state index in [4.69, 9.17) is 28.4 Å². The number of carbonyl (C=O) groups is 1. The minimum Gasteiger partial charge on any atom is -0.394 e. The Hall–Kier alpha value is -1.73. The van der Waals surface area contributed by atoms with Crippen molar-refractivity contribution in [3.63, 3.8) is 0 Å². The number of aliphatic hydroxyl groups excluding tert-OH is 11. The smallest absolute Gasteiger partial charge is 0.220 e. The van der Waals surface area contributed by atoms with E-state index in [-0.39, 0.29) is 18.9 Å². The number of unbranched alkanes of at least 4 members (excludes halogenated alkanes) is 53. The maximum atomic E-state index is 13.5. The molecule has 0 aromatic carbocycles. The zero-order valence-electron chi connectivity index (χ0n) is 66.0. The predicted molar refractivity (Wildman–Crippen MR) is 416 cm³/mol. The van der Waals surface area contributed by atoms with E-state index in [1.54, 1.807) is 6.08 Å². The Morgan fingerprint density at radius 1 is 0.337 bits per heavy atom. The number of allylic oxidation sites excluding steroid dienone is 3. The van der Waals surface area contributed by atoms with Crippen molar-refractivity contribution < 1.29 is 89.4 Å². The first-order valence-corrected chi connectivity index (χ1v) is 43.6. The first kappa shape index (κ1) is 96.5. The number of amides is 1. The molecule has 0 saturated carbocycles. The summed E-state index contributed by atoms with van der Waals surface area (Å²) in [6.45, 7) is 1.77. The maximum Gasteiger partial charge on any atom is 0.220 e. The van der Waals surface area contributed by atoms with Gasteiger partial charge in [-0.25, -0.2) is 0 Å². The summed E-state index contributed by atoms with van der Waals surface area (Å²) < 4.78 is 34.4. The van der Waals surface area contributed by atoms with Gasteiger partial charge in [0.05, 0.1) is 38.6 Å². The molecule has 17 unspecified atom stereocenters. The highest BCUT2D eigenvalue weighted by molar-refractivity contribution is 5.76. The van der Waals surface area contributed by atoms with Crippen LogP contribution in [0.2, 0.25) is 0 Å². The first-order valence-electron chi connectivity index (χ1n) is 43.6. The van der Waals surface area contributed by atoms with Gasteiger partial charge in [0.1, 0.15) is 73.2 Å². The van der Waals surface area contributed by atoms with Gasteiger partial charge in [-0.15, -0.1) is 0 Å². The summed E-state index contributed by atoms with van der Waals surface area (Å²) in [4.78, 5) is 13.5. The first-order chi connectivity index (χ1) is 50.8. The standard InChI is InChI=1S/C85H161NO18/c1-3-5-7-9-11-13-15-17-19-21-23-24-25-26-27-28-29-30-31-32-33-34-35-36-37-38-39-40-41-42-43-44-45-47-49-51-53-55-57-59-61-63-73(91)86-68(69(90)62-60-58-56-54-52-50-48-46-22-20-18-16-14-12-10-8-6-4-2)67-99-83-79(97)76(94)81(71(65-88)101-83)104-85-80(98)77(95)82(72(66-89)102-85)103-84-78(96)75(93)74(92)70(64-87)100-84/h52,54,60,62,68-72,74-85,87-90,92-98H,3-51,53,55-59,61,63-67H2,1-2H3,(H,86,91)/b54-52+,62-60+. The van der Waals surface area contributed by atoms with Gasteiger partial charge in [0, 0.05) is 6.42 Å². The van der Waals surface area contributed by atoms with E-state index in [1.807, 2.05) is 6.08 Å². The van der Waals surface area contributed by atoms with Crippen LogP contribution in [0, 0.1) is 0 Å². The van der Waals surface area contributed by atoms with Crippen LogP contribution in [0.3, 0.4) is 0 Å². The van der Waals surface area contributed by atoms with E-state index < -0.39 is 124 Å². The summed E-state index contributed by atoms with van der Waals surface area (Å²) in [5.74, 6) is -0.277. The van der Waals surface area contributed by atoms with E-state index in [9.17, 15) is 61.0 Å². The molecule has 19 heteroatoms. The van der Waals surface area contributed by atoms with Gasteiger partial charge in [0.2, 0.25) is 5.91 Å². The fraction of sp³-hybridized carbons (Fsp3) is 0.941. The summed E-state index contributed by atoms with van der Waals surface area (Å²) >= 11 is 0. The Kier molecular flexibility index (Phi) is 61.2.